The maximum absolute atomic E-state index is 5.93. The Labute approximate surface area is 118 Å². The summed E-state index contributed by atoms with van der Waals surface area (Å²) in [5.41, 5.74) is 2.01. The van der Waals surface area contributed by atoms with Gasteiger partial charge in [-0.2, -0.15) is 4.98 Å². The standard InChI is InChI=1S/C14H17ClN4/c1-3-7-16-13-6-8-17-14(19-13)18-12-5-4-11(15)9-10(12)2/h4-6,8-9H,3,7H2,1-2H3,(H2,16,17,18,19). The Morgan fingerprint density at radius 3 is 2.84 bits per heavy atom. The van der Waals surface area contributed by atoms with E-state index in [2.05, 4.69) is 27.5 Å². The summed E-state index contributed by atoms with van der Waals surface area (Å²) >= 11 is 5.93. The van der Waals surface area contributed by atoms with E-state index < -0.39 is 0 Å². The summed E-state index contributed by atoms with van der Waals surface area (Å²) in [5, 5.41) is 7.15. The smallest absolute Gasteiger partial charge is 0.229 e. The fraction of sp³-hybridized carbons (Fsp3) is 0.286. The molecule has 100 valence electrons. The van der Waals surface area contributed by atoms with Gasteiger partial charge in [0.2, 0.25) is 5.95 Å². The lowest BCUT2D eigenvalue weighted by atomic mass is 10.2. The minimum Gasteiger partial charge on any atom is -0.370 e. The van der Waals surface area contributed by atoms with Gasteiger partial charge in [0.1, 0.15) is 5.82 Å². The number of nitrogens with zero attached hydrogens (tertiary/aromatic N) is 2. The molecule has 1 heterocycles. The van der Waals surface area contributed by atoms with Gasteiger partial charge in [-0.3, -0.25) is 0 Å². The second-order valence-corrected chi connectivity index (χ2v) is 4.71. The summed E-state index contributed by atoms with van der Waals surface area (Å²) in [5.74, 6) is 1.40. The van der Waals surface area contributed by atoms with Crippen molar-refractivity contribution in [1.82, 2.24) is 9.97 Å². The van der Waals surface area contributed by atoms with Crippen molar-refractivity contribution >= 4 is 29.1 Å². The van der Waals surface area contributed by atoms with Crippen LogP contribution in [0.1, 0.15) is 18.9 Å². The largest absolute Gasteiger partial charge is 0.370 e. The summed E-state index contributed by atoms with van der Waals surface area (Å²) in [7, 11) is 0. The van der Waals surface area contributed by atoms with Crippen LogP contribution in [0.2, 0.25) is 5.02 Å². The number of hydrogen-bond acceptors (Lipinski definition) is 4. The van der Waals surface area contributed by atoms with E-state index in [9.17, 15) is 0 Å². The summed E-state index contributed by atoms with van der Waals surface area (Å²) in [6, 6.07) is 7.53. The molecule has 0 amide bonds. The minimum atomic E-state index is 0.575. The topological polar surface area (TPSA) is 49.8 Å². The molecule has 1 aromatic carbocycles. The zero-order chi connectivity index (χ0) is 13.7. The zero-order valence-electron chi connectivity index (χ0n) is 11.1. The lowest BCUT2D eigenvalue weighted by molar-refractivity contribution is 0.966. The van der Waals surface area contributed by atoms with Crippen LogP contribution in [0, 0.1) is 6.92 Å². The number of halogens is 1. The van der Waals surface area contributed by atoms with Crippen LogP contribution in [0.5, 0.6) is 0 Å². The average Bonchev–Trinajstić information content (AvgIpc) is 2.40. The number of anilines is 3. The maximum Gasteiger partial charge on any atom is 0.229 e. The highest BCUT2D eigenvalue weighted by molar-refractivity contribution is 6.30. The number of aromatic nitrogens is 2. The van der Waals surface area contributed by atoms with Crippen LogP contribution >= 0.6 is 11.6 Å². The molecule has 0 fully saturated rings. The highest BCUT2D eigenvalue weighted by atomic mass is 35.5. The van der Waals surface area contributed by atoms with E-state index in [1.54, 1.807) is 6.20 Å². The van der Waals surface area contributed by atoms with Crippen molar-refractivity contribution in [2.45, 2.75) is 20.3 Å². The van der Waals surface area contributed by atoms with Crippen LogP contribution in [0.15, 0.2) is 30.5 Å². The Kier molecular flexibility index (Phi) is 4.58. The van der Waals surface area contributed by atoms with E-state index in [4.69, 9.17) is 11.6 Å². The van der Waals surface area contributed by atoms with Crippen molar-refractivity contribution in [1.29, 1.82) is 0 Å². The fourth-order valence-corrected chi connectivity index (χ4v) is 1.88. The monoisotopic (exact) mass is 276 g/mol. The first-order valence-corrected chi connectivity index (χ1v) is 6.67. The van der Waals surface area contributed by atoms with Gasteiger partial charge < -0.3 is 10.6 Å². The predicted octanol–water partition coefficient (Wildman–Crippen LogP) is 4.00. The van der Waals surface area contributed by atoms with Crippen molar-refractivity contribution < 1.29 is 0 Å². The molecular formula is C14H17ClN4. The summed E-state index contributed by atoms with van der Waals surface area (Å²) in [4.78, 5) is 8.61. The molecule has 19 heavy (non-hydrogen) atoms. The number of nitrogens with one attached hydrogen (secondary N) is 2. The third-order valence-electron chi connectivity index (χ3n) is 2.65. The Morgan fingerprint density at radius 2 is 2.11 bits per heavy atom. The Morgan fingerprint density at radius 1 is 1.26 bits per heavy atom. The maximum atomic E-state index is 5.93. The lowest BCUT2D eigenvalue weighted by Crippen LogP contribution is -2.05. The molecular weight excluding hydrogens is 260 g/mol. The van der Waals surface area contributed by atoms with Gasteiger partial charge in [0.15, 0.2) is 0 Å². The van der Waals surface area contributed by atoms with E-state index in [0.29, 0.717) is 5.95 Å². The van der Waals surface area contributed by atoms with Gasteiger partial charge >= 0.3 is 0 Å². The average molecular weight is 277 g/mol. The second-order valence-electron chi connectivity index (χ2n) is 4.28. The number of hydrogen-bond donors (Lipinski definition) is 2. The Hall–Kier alpha value is -1.81. The SMILES string of the molecule is CCCNc1ccnc(Nc2ccc(Cl)cc2C)n1. The summed E-state index contributed by atoms with van der Waals surface area (Å²) in [6.07, 6.45) is 2.79. The van der Waals surface area contributed by atoms with Crippen LogP contribution in [0.3, 0.4) is 0 Å². The van der Waals surface area contributed by atoms with Crippen LogP contribution in [0.25, 0.3) is 0 Å². The molecule has 0 saturated heterocycles. The van der Waals surface area contributed by atoms with Gasteiger partial charge in [-0.1, -0.05) is 18.5 Å². The molecule has 0 atom stereocenters. The number of benzene rings is 1. The molecule has 0 aliphatic heterocycles. The molecule has 0 aliphatic carbocycles. The molecule has 0 saturated carbocycles. The van der Waals surface area contributed by atoms with Gasteiger partial charge in [0.25, 0.3) is 0 Å². The Bertz CT molecular complexity index is 557. The number of aryl methyl sites for hydroxylation is 1. The molecule has 2 N–H and O–H groups in total. The Balaban J connectivity index is 2.14. The van der Waals surface area contributed by atoms with E-state index >= 15 is 0 Å². The molecule has 0 spiro atoms. The minimum absolute atomic E-state index is 0.575. The molecule has 4 nitrogen and oxygen atoms in total. The second kappa shape index (κ2) is 6.38. The normalized spacial score (nSPS) is 10.3. The van der Waals surface area contributed by atoms with Crippen LogP contribution in [-0.4, -0.2) is 16.5 Å². The first kappa shape index (κ1) is 13.6. The fourth-order valence-electron chi connectivity index (χ4n) is 1.66. The van der Waals surface area contributed by atoms with Crippen molar-refractivity contribution in [3.05, 3.63) is 41.0 Å². The summed E-state index contributed by atoms with van der Waals surface area (Å²) in [6.45, 7) is 5.01. The van der Waals surface area contributed by atoms with Crippen LogP contribution in [-0.2, 0) is 0 Å². The van der Waals surface area contributed by atoms with E-state index in [0.717, 1.165) is 35.1 Å². The molecule has 0 bridgehead atoms. The molecule has 5 heteroatoms. The molecule has 0 radical (unpaired) electrons. The quantitative estimate of drug-likeness (QED) is 0.866. The highest BCUT2D eigenvalue weighted by Crippen LogP contribution is 2.22. The molecule has 2 aromatic rings. The number of rotatable bonds is 5. The van der Waals surface area contributed by atoms with Gasteiger partial charge in [0.05, 0.1) is 0 Å². The van der Waals surface area contributed by atoms with Crippen LogP contribution < -0.4 is 10.6 Å². The van der Waals surface area contributed by atoms with Crippen LogP contribution in [0.4, 0.5) is 17.5 Å². The molecule has 0 unspecified atom stereocenters. The first-order valence-electron chi connectivity index (χ1n) is 6.29. The lowest BCUT2D eigenvalue weighted by Gasteiger charge is -2.10. The zero-order valence-corrected chi connectivity index (χ0v) is 11.8. The molecule has 0 aliphatic rings. The van der Waals surface area contributed by atoms with Crippen molar-refractivity contribution in [2.75, 3.05) is 17.2 Å². The van der Waals surface area contributed by atoms with Gasteiger partial charge in [-0.15, -0.1) is 0 Å². The highest BCUT2D eigenvalue weighted by Gasteiger charge is 2.03. The van der Waals surface area contributed by atoms with Crippen molar-refractivity contribution in [2.24, 2.45) is 0 Å². The third kappa shape index (κ3) is 3.83. The molecule has 2 rings (SSSR count). The van der Waals surface area contributed by atoms with Gasteiger partial charge in [-0.05, 0) is 43.2 Å². The summed E-state index contributed by atoms with van der Waals surface area (Å²) < 4.78 is 0. The molecule has 1 aromatic heterocycles. The van der Waals surface area contributed by atoms with E-state index in [1.807, 2.05) is 31.2 Å². The van der Waals surface area contributed by atoms with Crippen molar-refractivity contribution in [3.8, 4) is 0 Å². The van der Waals surface area contributed by atoms with E-state index in [1.165, 1.54) is 0 Å². The predicted molar refractivity (Wildman–Crippen MR) is 80.3 cm³/mol. The third-order valence-corrected chi connectivity index (χ3v) is 2.88. The van der Waals surface area contributed by atoms with E-state index in [-0.39, 0.29) is 0 Å². The van der Waals surface area contributed by atoms with Gasteiger partial charge in [0, 0.05) is 23.5 Å². The van der Waals surface area contributed by atoms with Crippen molar-refractivity contribution in [3.63, 3.8) is 0 Å². The first-order chi connectivity index (χ1) is 9.19. The van der Waals surface area contributed by atoms with Gasteiger partial charge in [-0.25, -0.2) is 4.98 Å².